The summed E-state index contributed by atoms with van der Waals surface area (Å²) < 4.78 is 0. The van der Waals surface area contributed by atoms with Crippen LogP contribution in [0.5, 0.6) is 0 Å². The Kier molecular flexibility index (Phi) is 3.29. The molecular formula is C8H9Cl3. The fourth-order valence-corrected chi connectivity index (χ4v) is 1.99. The molecule has 0 radical (unpaired) electrons. The molecule has 0 nitrogen and oxygen atoms in total. The van der Waals surface area contributed by atoms with Crippen LogP contribution in [0.25, 0.3) is 0 Å². The van der Waals surface area contributed by atoms with E-state index >= 15 is 0 Å². The van der Waals surface area contributed by atoms with Crippen molar-refractivity contribution in [2.75, 3.05) is 11.8 Å². The Balaban J connectivity index is 2.77. The average molecular weight is 212 g/mol. The third-order valence-corrected chi connectivity index (χ3v) is 3.27. The maximum Gasteiger partial charge on any atom is 0.0837 e. The molecule has 1 aliphatic carbocycles. The second-order valence-electron chi connectivity index (χ2n) is 2.57. The molecular weight excluding hydrogens is 202 g/mol. The van der Waals surface area contributed by atoms with Gasteiger partial charge in [-0.2, -0.15) is 0 Å². The SMILES string of the molecule is ClCC1C=CC=CC1(Cl)CCl. The molecule has 1 aliphatic rings. The van der Waals surface area contributed by atoms with Crippen molar-refractivity contribution in [3.8, 4) is 0 Å². The van der Waals surface area contributed by atoms with Crippen molar-refractivity contribution in [3.63, 3.8) is 0 Å². The first-order valence-corrected chi connectivity index (χ1v) is 4.84. The van der Waals surface area contributed by atoms with Gasteiger partial charge in [-0.1, -0.05) is 24.3 Å². The molecule has 0 aromatic heterocycles. The van der Waals surface area contributed by atoms with Crippen LogP contribution in [0.15, 0.2) is 24.3 Å². The van der Waals surface area contributed by atoms with E-state index in [0.29, 0.717) is 11.8 Å². The summed E-state index contributed by atoms with van der Waals surface area (Å²) >= 11 is 17.6. The Morgan fingerprint density at radius 2 is 2.00 bits per heavy atom. The second-order valence-corrected chi connectivity index (χ2v) is 3.84. The fourth-order valence-electron chi connectivity index (χ4n) is 1.02. The van der Waals surface area contributed by atoms with E-state index in [4.69, 9.17) is 34.8 Å². The predicted molar refractivity (Wildman–Crippen MR) is 51.8 cm³/mol. The molecule has 0 spiro atoms. The van der Waals surface area contributed by atoms with E-state index in [1.165, 1.54) is 0 Å². The van der Waals surface area contributed by atoms with Crippen LogP contribution in [0.3, 0.4) is 0 Å². The smallest absolute Gasteiger partial charge is 0.0837 e. The summed E-state index contributed by atoms with van der Waals surface area (Å²) in [5, 5.41) is 0. The first kappa shape index (κ1) is 9.44. The zero-order chi connectivity index (χ0) is 8.32. The first-order valence-electron chi connectivity index (χ1n) is 3.40. The summed E-state index contributed by atoms with van der Waals surface area (Å²) in [6, 6.07) is 0. The first-order chi connectivity index (χ1) is 5.23. The molecule has 0 aromatic carbocycles. The Hall–Kier alpha value is 0.350. The van der Waals surface area contributed by atoms with E-state index in [1.54, 1.807) is 0 Å². The summed E-state index contributed by atoms with van der Waals surface area (Å²) in [6.07, 6.45) is 7.73. The summed E-state index contributed by atoms with van der Waals surface area (Å²) in [4.78, 5) is -0.474. The Labute approximate surface area is 81.8 Å². The van der Waals surface area contributed by atoms with Crippen molar-refractivity contribution in [2.24, 2.45) is 5.92 Å². The van der Waals surface area contributed by atoms with E-state index in [0.717, 1.165) is 0 Å². The Bertz CT molecular complexity index is 186. The van der Waals surface area contributed by atoms with Crippen LogP contribution in [-0.2, 0) is 0 Å². The van der Waals surface area contributed by atoms with E-state index in [-0.39, 0.29) is 5.92 Å². The summed E-state index contributed by atoms with van der Waals surface area (Å²) in [6.45, 7) is 0. The molecule has 3 heteroatoms. The van der Waals surface area contributed by atoms with Crippen molar-refractivity contribution < 1.29 is 0 Å². The van der Waals surface area contributed by atoms with Crippen LogP contribution < -0.4 is 0 Å². The standard InChI is InChI=1S/C8H9Cl3/c9-5-7-3-1-2-4-8(7,11)6-10/h1-4,7H,5-6H2. The molecule has 0 bridgehead atoms. The van der Waals surface area contributed by atoms with E-state index in [2.05, 4.69) is 0 Å². The van der Waals surface area contributed by atoms with Crippen LogP contribution in [0.4, 0.5) is 0 Å². The number of hydrogen-bond acceptors (Lipinski definition) is 0. The van der Waals surface area contributed by atoms with Gasteiger partial charge < -0.3 is 0 Å². The van der Waals surface area contributed by atoms with Gasteiger partial charge in [0.1, 0.15) is 0 Å². The summed E-state index contributed by atoms with van der Waals surface area (Å²) in [7, 11) is 0. The van der Waals surface area contributed by atoms with Crippen LogP contribution in [0.1, 0.15) is 0 Å². The lowest BCUT2D eigenvalue weighted by Crippen LogP contribution is -2.33. The van der Waals surface area contributed by atoms with Crippen LogP contribution in [0, 0.1) is 5.92 Å². The maximum atomic E-state index is 6.17. The van der Waals surface area contributed by atoms with E-state index in [9.17, 15) is 0 Å². The number of allylic oxidation sites excluding steroid dienone is 4. The molecule has 0 N–H and O–H groups in total. The zero-order valence-corrected chi connectivity index (χ0v) is 8.20. The monoisotopic (exact) mass is 210 g/mol. The average Bonchev–Trinajstić information content (AvgIpc) is 2.05. The van der Waals surface area contributed by atoms with Gasteiger partial charge in [0, 0.05) is 17.7 Å². The van der Waals surface area contributed by atoms with Gasteiger partial charge in [0.2, 0.25) is 0 Å². The summed E-state index contributed by atoms with van der Waals surface area (Å²) in [5.74, 6) is 1.05. The number of hydrogen-bond donors (Lipinski definition) is 0. The minimum atomic E-state index is -0.474. The lowest BCUT2D eigenvalue weighted by Gasteiger charge is -2.29. The highest BCUT2D eigenvalue weighted by Crippen LogP contribution is 2.33. The highest BCUT2D eigenvalue weighted by atomic mass is 35.5. The molecule has 2 atom stereocenters. The van der Waals surface area contributed by atoms with Crippen molar-refractivity contribution in [1.29, 1.82) is 0 Å². The van der Waals surface area contributed by atoms with Crippen molar-refractivity contribution in [3.05, 3.63) is 24.3 Å². The Morgan fingerprint density at radius 1 is 1.27 bits per heavy atom. The van der Waals surface area contributed by atoms with Gasteiger partial charge in [-0.25, -0.2) is 0 Å². The van der Waals surface area contributed by atoms with Crippen LogP contribution in [-0.4, -0.2) is 16.6 Å². The van der Waals surface area contributed by atoms with Crippen molar-refractivity contribution in [1.82, 2.24) is 0 Å². The van der Waals surface area contributed by atoms with Crippen molar-refractivity contribution >= 4 is 34.8 Å². The second kappa shape index (κ2) is 3.84. The number of rotatable bonds is 2. The molecule has 0 saturated heterocycles. The molecule has 0 heterocycles. The van der Waals surface area contributed by atoms with Crippen LogP contribution in [0.2, 0.25) is 0 Å². The van der Waals surface area contributed by atoms with Crippen LogP contribution >= 0.6 is 34.8 Å². The van der Waals surface area contributed by atoms with Gasteiger partial charge in [0.25, 0.3) is 0 Å². The molecule has 1 rings (SSSR count). The predicted octanol–water partition coefficient (Wildman–Crippen LogP) is 3.18. The van der Waals surface area contributed by atoms with Gasteiger partial charge in [0.05, 0.1) is 4.87 Å². The van der Waals surface area contributed by atoms with Gasteiger partial charge in [-0.3, -0.25) is 0 Å². The molecule has 0 fully saturated rings. The largest absolute Gasteiger partial charge is 0.126 e. The maximum absolute atomic E-state index is 6.17. The quantitative estimate of drug-likeness (QED) is 0.616. The molecule has 0 amide bonds. The lowest BCUT2D eigenvalue weighted by atomic mass is 9.90. The highest BCUT2D eigenvalue weighted by molar-refractivity contribution is 6.32. The van der Waals surface area contributed by atoms with Gasteiger partial charge in [-0.15, -0.1) is 34.8 Å². The van der Waals surface area contributed by atoms with Gasteiger partial charge >= 0.3 is 0 Å². The fraction of sp³-hybridized carbons (Fsp3) is 0.500. The number of halogens is 3. The lowest BCUT2D eigenvalue weighted by molar-refractivity contribution is 0.600. The van der Waals surface area contributed by atoms with Crippen molar-refractivity contribution in [2.45, 2.75) is 4.87 Å². The summed E-state index contributed by atoms with van der Waals surface area (Å²) in [5.41, 5.74) is 0. The molecule has 0 aromatic rings. The highest BCUT2D eigenvalue weighted by Gasteiger charge is 2.32. The number of alkyl halides is 3. The zero-order valence-electron chi connectivity index (χ0n) is 5.93. The molecule has 11 heavy (non-hydrogen) atoms. The minimum absolute atomic E-state index is 0.147. The molecule has 0 saturated carbocycles. The Morgan fingerprint density at radius 3 is 2.45 bits per heavy atom. The normalized spacial score (nSPS) is 36.1. The van der Waals surface area contributed by atoms with Gasteiger partial charge in [-0.05, 0) is 0 Å². The molecule has 0 aliphatic heterocycles. The molecule has 62 valence electrons. The van der Waals surface area contributed by atoms with Gasteiger partial charge in [0.15, 0.2) is 0 Å². The third kappa shape index (κ3) is 1.93. The third-order valence-electron chi connectivity index (χ3n) is 1.82. The van der Waals surface area contributed by atoms with E-state index in [1.807, 2.05) is 24.3 Å². The van der Waals surface area contributed by atoms with E-state index < -0.39 is 4.87 Å². The topological polar surface area (TPSA) is 0 Å². The minimum Gasteiger partial charge on any atom is -0.126 e. The molecule has 2 unspecified atom stereocenters.